The highest BCUT2D eigenvalue weighted by molar-refractivity contribution is 6.11. The van der Waals surface area contributed by atoms with Crippen LogP contribution in [0.5, 0.6) is 11.5 Å². The minimum Gasteiger partial charge on any atom is -0.490 e. The van der Waals surface area contributed by atoms with Crippen LogP contribution in [0.3, 0.4) is 0 Å². The van der Waals surface area contributed by atoms with Crippen LogP contribution in [0.4, 0.5) is 0 Å². The summed E-state index contributed by atoms with van der Waals surface area (Å²) < 4.78 is 11.3. The SMILES string of the molecule is O=C(c1ccc2c(c1)OCCCO2)c1ccc2ccccc2c1. The first-order valence-corrected chi connectivity index (χ1v) is 7.74. The summed E-state index contributed by atoms with van der Waals surface area (Å²) in [6.45, 7) is 1.26. The Kier molecular flexibility index (Phi) is 3.46. The van der Waals surface area contributed by atoms with Crippen molar-refractivity contribution in [2.75, 3.05) is 13.2 Å². The zero-order valence-electron chi connectivity index (χ0n) is 12.6. The molecule has 3 aromatic carbocycles. The van der Waals surface area contributed by atoms with Crippen molar-refractivity contribution in [2.24, 2.45) is 0 Å². The van der Waals surface area contributed by atoms with Gasteiger partial charge in [0.15, 0.2) is 17.3 Å². The number of benzene rings is 3. The third kappa shape index (κ3) is 2.66. The van der Waals surface area contributed by atoms with Crippen LogP contribution in [-0.2, 0) is 0 Å². The van der Waals surface area contributed by atoms with E-state index < -0.39 is 0 Å². The molecule has 0 bridgehead atoms. The summed E-state index contributed by atoms with van der Waals surface area (Å²) in [5, 5.41) is 2.19. The third-order valence-corrected chi connectivity index (χ3v) is 4.02. The fraction of sp³-hybridized carbons (Fsp3) is 0.150. The van der Waals surface area contributed by atoms with Gasteiger partial charge in [0.25, 0.3) is 0 Å². The van der Waals surface area contributed by atoms with Crippen molar-refractivity contribution in [3.63, 3.8) is 0 Å². The van der Waals surface area contributed by atoms with Gasteiger partial charge in [0.05, 0.1) is 13.2 Å². The van der Waals surface area contributed by atoms with Crippen molar-refractivity contribution in [3.05, 3.63) is 71.8 Å². The lowest BCUT2D eigenvalue weighted by molar-refractivity contribution is 0.103. The number of carbonyl (C=O) groups excluding carboxylic acids is 1. The predicted molar refractivity (Wildman–Crippen MR) is 89.4 cm³/mol. The maximum atomic E-state index is 12.8. The van der Waals surface area contributed by atoms with E-state index in [9.17, 15) is 4.79 Å². The second kappa shape index (κ2) is 5.76. The van der Waals surface area contributed by atoms with Crippen LogP contribution < -0.4 is 9.47 Å². The summed E-state index contributed by atoms with van der Waals surface area (Å²) >= 11 is 0. The maximum Gasteiger partial charge on any atom is 0.193 e. The molecule has 0 fully saturated rings. The predicted octanol–water partition coefficient (Wildman–Crippen LogP) is 4.23. The van der Waals surface area contributed by atoms with Gasteiger partial charge in [-0.2, -0.15) is 0 Å². The normalized spacial score (nSPS) is 13.6. The second-order valence-electron chi connectivity index (χ2n) is 5.60. The molecular weight excluding hydrogens is 288 g/mol. The van der Waals surface area contributed by atoms with Crippen LogP contribution in [0.1, 0.15) is 22.3 Å². The topological polar surface area (TPSA) is 35.5 Å². The molecule has 1 heterocycles. The Morgan fingerprint density at radius 3 is 2.30 bits per heavy atom. The average Bonchev–Trinajstić information content (AvgIpc) is 2.85. The molecule has 1 aliphatic rings. The molecule has 4 rings (SSSR count). The molecule has 0 saturated carbocycles. The molecule has 3 heteroatoms. The van der Waals surface area contributed by atoms with Crippen LogP contribution in [0.25, 0.3) is 10.8 Å². The van der Waals surface area contributed by atoms with E-state index in [1.807, 2.05) is 48.5 Å². The van der Waals surface area contributed by atoms with E-state index in [0.717, 1.165) is 17.2 Å². The Balaban J connectivity index is 1.71. The van der Waals surface area contributed by atoms with Gasteiger partial charge in [-0.15, -0.1) is 0 Å². The summed E-state index contributed by atoms with van der Waals surface area (Å²) in [6, 6.07) is 19.2. The lowest BCUT2D eigenvalue weighted by atomic mass is 10.00. The fourth-order valence-electron chi connectivity index (χ4n) is 2.80. The number of hydrogen-bond acceptors (Lipinski definition) is 3. The highest BCUT2D eigenvalue weighted by Gasteiger charge is 2.15. The van der Waals surface area contributed by atoms with E-state index in [2.05, 4.69) is 0 Å². The van der Waals surface area contributed by atoms with E-state index in [4.69, 9.17) is 9.47 Å². The molecule has 0 aromatic heterocycles. The van der Waals surface area contributed by atoms with Crippen molar-refractivity contribution in [1.82, 2.24) is 0 Å². The summed E-state index contributed by atoms with van der Waals surface area (Å²) in [5.74, 6) is 1.35. The molecule has 23 heavy (non-hydrogen) atoms. The standard InChI is InChI=1S/C20H16O3/c21-20(16-7-6-14-4-1-2-5-15(14)12-16)17-8-9-18-19(13-17)23-11-3-10-22-18/h1-2,4-9,12-13H,3,10-11H2. The van der Waals surface area contributed by atoms with Crippen molar-refractivity contribution in [3.8, 4) is 11.5 Å². The first-order valence-electron chi connectivity index (χ1n) is 7.74. The lowest BCUT2D eigenvalue weighted by Crippen LogP contribution is -2.02. The van der Waals surface area contributed by atoms with E-state index in [-0.39, 0.29) is 5.78 Å². The molecule has 0 unspecified atom stereocenters. The summed E-state index contributed by atoms with van der Waals surface area (Å²) in [6.07, 6.45) is 0.850. The van der Waals surface area contributed by atoms with Gasteiger partial charge in [0.2, 0.25) is 0 Å². The molecule has 3 aromatic rings. The molecule has 0 amide bonds. The molecule has 0 aliphatic carbocycles. The largest absolute Gasteiger partial charge is 0.490 e. The van der Waals surface area contributed by atoms with Gasteiger partial charge in [0.1, 0.15) is 0 Å². The van der Waals surface area contributed by atoms with Crippen LogP contribution in [-0.4, -0.2) is 19.0 Å². The number of fused-ring (bicyclic) bond motifs is 2. The number of ketones is 1. The monoisotopic (exact) mass is 304 g/mol. The van der Waals surface area contributed by atoms with Gasteiger partial charge in [-0.25, -0.2) is 0 Å². The first-order chi connectivity index (χ1) is 11.3. The van der Waals surface area contributed by atoms with Crippen LogP contribution in [0, 0.1) is 0 Å². The van der Waals surface area contributed by atoms with E-state index in [1.165, 1.54) is 0 Å². The molecule has 0 N–H and O–H groups in total. The van der Waals surface area contributed by atoms with E-state index >= 15 is 0 Å². The average molecular weight is 304 g/mol. The Labute approximate surface area is 134 Å². The molecule has 3 nitrogen and oxygen atoms in total. The summed E-state index contributed by atoms with van der Waals surface area (Å²) in [4.78, 5) is 12.8. The maximum absolute atomic E-state index is 12.8. The smallest absolute Gasteiger partial charge is 0.193 e. The Hall–Kier alpha value is -2.81. The Morgan fingerprint density at radius 1 is 0.739 bits per heavy atom. The zero-order valence-corrected chi connectivity index (χ0v) is 12.6. The number of hydrogen-bond donors (Lipinski definition) is 0. The van der Waals surface area contributed by atoms with Gasteiger partial charge in [-0.05, 0) is 35.0 Å². The highest BCUT2D eigenvalue weighted by atomic mass is 16.5. The Bertz CT molecular complexity index is 883. The molecule has 1 aliphatic heterocycles. The second-order valence-corrected chi connectivity index (χ2v) is 5.60. The van der Waals surface area contributed by atoms with E-state index in [0.29, 0.717) is 35.8 Å². The van der Waals surface area contributed by atoms with Crippen LogP contribution >= 0.6 is 0 Å². The Morgan fingerprint density at radius 2 is 1.43 bits per heavy atom. The van der Waals surface area contributed by atoms with Crippen molar-refractivity contribution < 1.29 is 14.3 Å². The van der Waals surface area contributed by atoms with Crippen molar-refractivity contribution in [2.45, 2.75) is 6.42 Å². The van der Waals surface area contributed by atoms with Crippen molar-refractivity contribution >= 4 is 16.6 Å². The number of rotatable bonds is 2. The van der Waals surface area contributed by atoms with Gasteiger partial charge in [-0.3, -0.25) is 4.79 Å². The van der Waals surface area contributed by atoms with Crippen LogP contribution in [0.2, 0.25) is 0 Å². The van der Waals surface area contributed by atoms with Crippen LogP contribution in [0.15, 0.2) is 60.7 Å². The molecule has 0 saturated heterocycles. The zero-order chi connectivity index (χ0) is 15.6. The quantitative estimate of drug-likeness (QED) is 0.665. The minimum absolute atomic E-state index is 0.00796. The summed E-state index contributed by atoms with van der Waals surface area (Å²) in [5.41, 5.74) is 1.29. The molecule has 0 atom stereocenters. The van der Waals surface area contributed by atoms with Crippen molar-refractivity contribution in [1.29, 1.82) is 0 Å². The lowest BCUT2D eigenvalue weighted by Gasteiger charge is -2.09. The molecule has 0 spiro atoms. The minimum atomic E-state index is -0.00796. The van der Waals surface area contributed by atoms with Gasteiger partial charge < -0.3 is 9.47 Å². The number of ether oxygens (including phenoxy) is 2. The summed E-state index contributed by atoms with van der Waals surface area (Å²) in [7, 11) is 0. The first kappa shape index (κ1) is 13.8. The van der Waals surface area contributed by atoms with Gasteiger partial charge in [-0.1, -0.05) is 36.4 Å². The van der Waals surface area contributed by atoms with Gasteiger partial charge in [0, 0.05) is 17.5 Å². The third-order valence-electron chi connectivity index (χ3n) is 4.02. The molecule has 114 valence electrons. The molecular formula is C20H16O3. The fourth-order valence-corrected chi connectivity index (χ4v) is 2.80. The van der Waals surface area contributed by atoms with E-state index in [1.54, 1.807) is 12.1 Å². The molecule has 0 radical (unpaired) electrons. The highest BCUT2D eigenvalue weighted by Crippen LogP contribution is 2.31. The van der Waals surface area contributed by atoms with Gasteiger partial charge >= 0.3 is 0 Å². The number of carbonyl (C=O) groups is 1.